The van der Waals surface area contributed by atoms with Crippen molar-refractivity contribution in [3.05, 3.63) is 76.3 Å². The fourth-order valence-electron chi connectivity index (χ4n) is 3.60. The van der Waals surface area contributed by atoms with E-state index < -0.39 is 6.04 Å². The molecule has 0 fully saturated rings. The third-order valence-corrected chi connectivity index (χ3v) is 6.60. The minimum Gasteiger partial charge on any atom is -0.483 e. The van der Waals surface area contributed by atoms with Crippen LogP contribution in [0, 0.1) is 6.92 Å². The van der Waals surface area contributed by atoms with Crippen LogP contribution >= 0.6 is 15.9 Å². The SMILES string of the molecule is CC[C@@H](C)NC(=O)[C@@H](C)N(Cc1cccc(C)c1)C(=O)COc1ccc2ccccc2c1Br. The van der Waals surface area contributed by atoms with Crippen molar-refractivity contribution < 1.29 is 14.3 Å². The topological polar surface area (TPSA) is 58.6 Å². The zero-order valence-corrected chi connectivity index (χ0v) is 21.2. The standard InChI is InChI=1S/C27H31BrN2O3/c1-5-19(3)29-27(32)20(4)30(16-21-10-8-9-18(2)15-21)25(31)17-33-24-14-13-22-11-6-7-12-23(22)26(24)28/h6-15,19-20H,5,16-17H2,1-4H3,(H,29,32)/t19-,20-/m1/s1. The summed E-state index contributed by atoms with van der Waals surface area (Å²) >= 11 is 3.60. The first-order chi connectivity index (χ1) is 15.8. The van der Waals surface area contributed by atoms with Crippen LogP contribution in [0.5, 0.6) is 5.75 Å². The molecule has 0 aliphatic rings. The first-order valence-electron chi connectivity index (χ1n) is 11.3. The molecule has 5 nitrogen and oxygen atoms in total. The van der Waals surface area contributed by atoms with E-state index in [1.807, 2.05) is 81.4 Å². The predicted octanol–water partition coefficient (Wildman–Crippen LogP) is 5.62. The Kier molecular flexibility index (Phi) is 8.50. The highest BCUT2D eigenvalue weighted by atomic mass is 79.9. The summed E-state index contributed by atoms with van der Waals surface area (Å²) in [5.74, 6) is 0.176. The van der Waals surface area contributed by atoms with E-state index in [-0.39, 0.29) is 24.5 Å². The molecule has 0 aliphatic carbocycles. The van der Waals surface area contributed by atoms with Crippen LogP contribution in [-0.2, 0) is 16.1 Å². The van der Waals surface area contributed by atoms with Gasteiger partial charge >= 0.3 is 0 Å². The van der Waals surface area contributed by atoms with E-state index in [4.69, 9.17) is 4.74 Å². The molecule has 0 bridgehead atoms. The molecule has 3 rings (SSSR count). The smallest absolute Gasteiger partial charge is 0.261 e. The van der Waals surface area contributed by atoms with E-state index in [1.165, 1.54) is 0 Å². The largest absolute Gasteiger partial charge is 0.483 e. The first kappa shape index (κ1) is 24.8. The van der Waals surface area contributed by atoms with Gasteiger partial charge in [-0.1, -0.05) is 67.1 Å². The average molecular weight is 511 g/mol. The number of ether oxygens (including phenoxy) is 1. The van der Waals surface area contributed by atoms with Gasteiger partial charge in [0.1, 0.15) is 11.8 Å². The molecule has 2 atom stereocenters. The van der Waals surface area contributed by atoms with Crippen LogP contribution in [0.2, 0.25) is 0 Å². The lowest BCUT2D eigenvalue weighted by atomic mass is 10.1. The van der Waals surface area contributed by atoms with Crippen LogP contribution in [0.1, 0.15) is 38.3 Å². The maximum absolute atomic E-state index is 13.3. The Morgan fingerprint density at radius 2 is 1.82 bits per heavy atom. The van der Waals surface area contributed by atoms with E-state index in [0.717, 1.165) is 32.8 Å². The minimum absolute atomic E-state index is 0.0423. The van der Waals surface area contributed by atoms with Gasteiger partial charge in [-0.05, 0) is 65.5 Å². The van der Waals surface area contributed by atoms with Crippen molar-refractivity contribution in [2.45, 2.75) is 52.7 Å². The number of amides is 2. The molecule has 0 heterocycles. The molecule has 6 heteroatoms. The molecule has 0 spiro atoms. The summed E-state index contributed by atoms with van der Waals surface area (Å²) in [7, 11) is 0. The van der Waals surface area contributed by atoms with E-state index in [1.54, 1.807) is 11.8 Å². The van der Waals surface area contributed by atoms with Gasteiger partial charge in [-0.2, -0.15) is 0 Å². The van der Waals surface area contributed by atoms with Crippen molar-refractivity contribution in [3.8, 4) is 5.75 Å². The van der Waals surface area contributed by atoms with Crippen molar-refractivity contribution >= 4 is 38.5 Å². The molecule has 0 aromatic heterocycles. The lowest BCUT2D eigenvalue weighted by Gasteiger charge is -2.29. The molecule has 0 aliphatic heterocycles. The highest BCUT2D eigenvalue weighted by molar-refractivity contribution is 9.10. The number of rotatable bonds is 9. The number of fused-ring (bicyclic) bond motifs is 1. The molecule has 174 valence electrons. The number of carbonyl (C=O) groups is 2. The Balaban J connectivity index is 1.79. The van der Waals surface area contributed by atoms with Crippen LogP contribution in [0.3, 0.4) is 0 Å². The zero-order valence-electron chi connectivity index (χ0n) is 19.6. The fourth-order valence-corrected chi connectivity index (χ4v) is 4.21. The van der Waals surface area contributed by atoms with Crippen LogP contribution < -0.4 is 10.1 Å². The predicted molar refractivity (Wildman–Crippen MR) is 136 cm³/mol. The van der Waals surface area contributed by atoms with Gasteiger partial charge in [0.05, 0.1) is 4.47 Å². The molecule has 0 unspecified atom stereocenters. The van der Waals surface area contributed by atoms with Gasteiger partial charge in [0.25, 0.3) is 5.91 Å². The molecule has 1 N–H and O–H groups in total. The second-order valence-corrected chi connectivity index (χ2v) is 9.19. The quantitative estimate of drug-likeness (QED) is 0.406. The lowest BCUT2D eigenvalue weighted by Crippen LogP contribution is -2.50. The molecule has 0 saturated carbocycles. The summed E-state index contributed by atoms with van der Waals surface area (Å²) in [6, 6.07) is 19.2. The summed E-state index contributed by atoms with van der Waals surface area (Å²) in [6.07, 6.45) is 0.823. The number of benzene rings is 3. The van der Waals surface area contributed by atoms with Crippen LogP contribution in [0.15, 0.2) is 65.1 Å². The number of carbonyl (C=O) groups excluding carboxylic acids is 2. The number of hydrogen-bond acceptors (Lipinski definition) is 3. The first-order valence-corrected chi connectivity index (χ1v) is 12.0. The average Bonchev–Trinajstić information content (AvgIpc) is 2.81. The Hall–Kier alpha value is -2.86. The Bertz CT molecular complexity index is 1130. The maximum Gasteiger partial charge on any atom is 0.261 e. The monoisotopic (exact) mass is 510 g/mol. The number of nitrogens with zero attached hydrogens (tertiary/aromatic N) is 1. The van der Waals surface area contributed by atoms with Gasteiger partial charge in [-0.3, -0.25) is 9.59 Å². The highest BCUT2D eigenvalue weighted by Gasteiger charge is 2.27. The van der Waals surface area contributed by atoms with Crippen molar-refractivity contribution in [1.29, 1.82) is 0 Å². The molecule has 0 saturated heterocycles. The van der Waals surface area contributed by atoms with Gasteiger partial charge in [0, 0.05) is 12.6 Å². The van der Waals surface area contributed by atoms with E-state index in [0.29, 0.717) is 12.3 Å². The summed E-state index contributed by atoms with van der Waals surface area (Å²) < 4.78 is 6.72. The molecule has 3 aromatic rings. The van der Waals surface area contributed by atoms with Crippen LogP contribution in [0.25, 0.3) is 10.8 Å². The summed E-state index contributed by atoms with van der Waals surface area (Å²) in [5, 5.41) is 5.08. The highest BCUT2D eigenvalue weighted by Crippen LogP contribution is 2.33. The molecule has 2 amide bonds. The Morgan fingerprint density at radius 3 is 2.55 bits per heavy atom. The number of hydrogen-bond donors (Lipinski definition) is 1. The Labute approximate surface area is 204 Å². The molecule has 3 aromatic carbocycles. The van der Waals surface area contributed by atoms with Gasteiger partial charge in [0.15, 0.2) is 6.61 Å². The number of aryl methyl sites for hydroxylation is 1. The second-order valence-electron chi connectivity index (χ2n) is 8.39. The van der Waals surface area contributed by atoms with E-state index in [2.05, 4.69) is 21.2 Å². The normalized spacial score (nSPS) is 12.8. The minimum atomic E-state index is -0.629. The number of nitrogens with one attached hydrogen (secondary N) is 1. The zero-order chi connectivity index (χ0) is 24.0. The van der Waals surface area contributed by atoms with Crippen LogP contribution in [0.4, 0.5) is 0 Å². The van der Waals surface area contributed by atoms with E-state index in [9.17, 15) is 9.59 Å². The van der Waals surface area contributed by atoms with Crippen molar-refractivity contribution in [2.75, 3.05) is 6.61 Å². The van der Waals surface area contributed by atoms with Crippen molar-refractivity contribution in [3.63, 3.8) is 0 Å². The molecule has 0 radical (unpaired) electrons. The summed E-state index contributed by atoms with van der Waals surface area (Å²) in [6.45, 7) is 7.91. The fraction of sp³-hybridized carbons (Fsp3) is 0.333. The van der Waals surface area contributed by atoms with Gasteiger partial charge in [-0.25, -0.2) is 0 Å². The Morgan fingerprint density at radius 1 is 1.06 bits per heavy atom. The van der Waals surface area contributed by atoms with E-state index >= 15 is 0 Å². The molecule has 33 heavy (non-hydrogen) atoms. The number of halogens is 1. The van der Waals surface area contributed by atoms with Crippen molar-refractivity contribution in [1.82, 2.24) is 10.2 Å². The summed E-state index contributed by atoms with van der Waals surface area (Å²) in [5.41, 5.74) is 2.08. The molecular weight excluding hydrogens is 480 g/mol. The summed E-state index contributed by atoms with van der Waals surface area (Å²) in [4.78, 5) is 27.7. The van der Waals surface area contributed by atoms with Crippen molar-refractivity contribution in [2.24, 2.45) is 0 Å². The van der Waals surface area contributed by atoms with Gasteiger partial charge in [-0.15, -0.1) is 0 Å². The molecular formula is C27H31BrN2O3. The van der Waals surface area contributed by atoms with Gasteiger partial charge in [0.2, 0.25) is 5.91 Å². The second kappa shape index (κ2) is 11.3. The third-order valence-electron chi connectivity index (χ3n) is 5.78. The lowest BCUT2D eigenvalue weighted by molar-refractivity contribution is -0.142. The van der Waals surface area contributed by atoms with Crippen LogP contribution in [-0.4, -0.2) is 35.4 Å². The third kappa shape index (κ3) is 6.35. The van der Waals surface area contributed by atoms with Gasteiger partial charge < -0.3 is 15.0 Å². The maximum atomic E-state index is 13.3.